The zero-order valence-corrected chi connectivity index (χ0v) is 8.24. The first-order valence-corrected chi connectivity index (χ1v) is 4.42. The summed E-state index contributed by atoms with van der Waals surface area (Å²) < 4.78 is 13.3. The highest BCUT2D eigenvalue weighted by Crippen LogP contribution is 2.26. The molecular formula is C9H8Cl2FN. The number of hydrogen-bond donors (Lipinski definition) is 1. The fourth-order valence-electron chi connectivity index (χ4n) is 0.881. The van der Waals surface area contributed by atoms with Crippen LogP contribution >= 0.6 is 23.2 Å². The van der Waals surface area contributed by atoms with Gasteiger partial charge in [0.25, 0.3) is 0 Å². The lowest BCUT2D eigenvalue weighted by Gasteiger charge is -2.01. The lowest BCUT2D eigenvalue weighted by atomic mass is 10.2. The summed E-state index contributed by atoms with van der Waals surface area (Å²) in [6.07, 6.45) is 3.13. The number of rotatable bonds is 2. The largest absolute Gasteiger partial charge is 0.327 e. The van der Waals surface area contributed by atoms with Gasteiger partial charge in [-0.2, -0.15) is 0 Å². The van der Waals surface area contributed by atoms with Crippen LogP contribution in [-0.2, 0) is 0 Å². The summed E-state index contributed by atoms with van der Waals surface area (Å²) in [7, 11) is 0. The maximum atomic E-state index is 13.3. The second-order valence-electron chi connectivity index (χ2n) is 2.39. The molecule has 2 N–H and O–H groups in total. The lowest BCUT2D eigenvalue weighted by molar-refractivity contribution is 0.625. The Hall–Kier alpha value is -0.570. The molecule has 0 aliphatic rings. The third kappa shape index (κ3) is 2.44. The predicted octanol–water partition coefficient (Wildman–Crippen LogP) is 3.10. The zero-order chi connectivity index (χ0) is 9.84. The molecule has 1 aromatic rings. The highest BCUT2D eigenvalue weighted by atomic mass is 35.5. The van der Waals surface area contributed by atoms with E-state index in [1.54, 1.807) is 12.1 Å². The second kappa shape index (κ2) is 4.61. The Balaban J connectivity index is 3.17. The summed E-state index contributed by atoms with van der Waals surface area (Å²) in [5.74, 6) is -0.515. The molecule has 0 spiro atoms. The molecule has 1 aromatic carbocycles. The van der Waals surface area contributed by atoms with Crippen molar-refractivity contribution in [1.29, 1.82) is 0 Å². The van der Waals surface area contributed by atoms with E-state index in [1.807, 2.05) is 0 Å². The fraction of sp³-hybridized carbons (Fsp3) is 0.111. The standard InChI is InChI=1S/C9H8Cl2FN/c10-7-3-4-8(11)9(12)6(7)2-1-5-13/h1-4H,5,13H2/b2-1+. The SMILES string of the molecule is NC/C=C/c1c(Cl)ccc(Cl)c1F. The van der Waals surface area contributed by atoms with Crippen molar-refractivity contribution in [1.82, 2.24) is 0 Å². The van der Waals surface area contributed by atoms with Crippen molar-refractivity contribution >= 4 is 29.3 Å². The van der Waals surface area contributed by atoms with Crippen LogP contribution in [0, 0.1) is 5.82 Å². The zero-order valence-electron chi connectivity index (χ0n) is 6.73. The minimum atomic E-state index is -0.515. The van der Waals surface area contributed by atoms with E-state index >= 15 is 0 Å². The predicted molar refractivity (Wildman–Crippen MR) is 54.5 cm³/mol. The quantitative estimate of drug-likeness (QED) is 0.761. The average molecular weight is 220 g/mol. The molecule has 0 fully saturated rings. The van der Waals surface area contributed by atoms with Crippen molar-refractivity contribution < 1.29 is 4.39 Å². The van der Waals surface area contributed by atoms with Crippen LogP contribution in [-0.4, -0.2) is 6.54 Å². The number of benzene rings is 1. The van der Waals surface area contributed by atoms with Crippen molar-refractivity contribution in [3.05, 3.63) is 39.6 Å². The Morgan fingerprint density at radius 1 is 1.31 bits per heavy atom. The molecule has 0 aliphatic heterocycles. The number of nitrogens with two attached hydrogens (primary N) is 1. The Morgan fingerprint density at radius 2 is 1.92 bits per heavy atom. The van der Waals surface area contributed by atoms with Crippen LogP contribution in [0.25, 0.3) is 6.08 Å². The van der Waals surface area contributed by atoms with Crippen molar-refractivity contribution in [2.45, 2.75) is 0 Å². The van der Waals surface area contributed by atoms with Crippen LogP contribution in [0.3, 0.4) is 0 Å². The summed E-state index contributed by atoms with van der Waals surface area (Å²) in [5, 5.41) is 0.382. The Bertz CT molecular complexity index is 337. The summed E-state index contributed by atoms with van der Waals surface area (Å²) in [4.78, 5) is 0. The van der Waals surface area contributed by atoms with E-state index in [-0.39, 0.29) is 10.6 Å². The molecule has 1 nitrogen and oxygen atoms in total. The van der Waals surface area contributed by atoms with E-state index in [1.165, 1.54) is 12.1 Å². The van der Waals surface area contributed by atoms with Crippen molar-refractivity contribution in [3.8, 4) is 0 Å². The second-order valence-corrected chi connectivity index (χ2v) is 3.21. The van der Waals surface area contributed by atoms with Crippen LogP contribution < -0.4 is 5.73 Å². The molecule has 0 bridgehead atoms. The van der Waals surface area contributed by atoms with E-state index in [0.717, 1.165) is 0 Å². The first-order chi connectivity index (χ1) is 6.16. The summed E-state index contributed by atoms with van der Waals surface area (Å²) in [6.45, 7) is 0.336. The van der Waals surface area contributed by atoms with Crippen LogP contribution in [0.15, 0.2) is 18.2 Å². The third-order valence-electron chi connectivity index (χ3n) is 1.50. The van der Waals surface area contributed by atoms with Gasteiger partial charge >= 0.3 is 0 Å². The highest BCUT2D eigenvalue weighted by molar-refractivity contribution is 6.34. The van der Waals surface area contributed by atoms with Gasteiger partial charge in [0.1, 0.15) is 5.82 Å². The highest BCUT2D eigenvalue weighted by Gasteiger charge is 2.07. The molecule has 0 saturated carbocycles. The fourth-order valence-corrected chi connectivity index (χ4v) is 1.26. The molecule has 0 heterocycles. The van der Waals surface area contributed by atoms with Gasteiger partial charge in [-0.15, -0.1) is 0 Å². The van der Waals surface area contributed by atoms with Crippen molar-refractivity contribution in [3.63, 3.8) is 0 Å². The normalized spacial score (nSPS) is 11.1. The monoisotopic (exact) mass is 219 g/mol. The number of halogens is 3. The molecule has 0 atom stereocenters. The molecule has 0 unspecified atom stereocenters. The molecule has 0 aliphatic carbocycles. The van der Waals surface area contributed by atoms with Crippen molar-refractivity contribution in [2.75, 3.05) is 6.54 Å². The van der Waals surface area contributed by atoms with E-state index in [4.69, 9.17) is 28.9 Å². The average Bonchev–Trinajstić information content (AvgIpc) is 2.12. The molecular weight excluding hydrogens is 212 g/mol. The van der Waals surface area contributed by atoms with E-state index in [9.17, 15) is 4.39 Å². The van der Waals surface area contributed by atoms with Crippen LogP contribution in [0.5, 0.6) is 0 Å². The first-order valence-electron chi connectivity index (χ1n) is 3.67. The molecule has 13 heavy (non-hydrogen) atoms. The van der Waals surface area contributed by atoms with E-state index < -0.39 is 5.82 Å². The third-order valence-corrected chi connectivity index (χ3v) is 2.12. The Morgan fingerprint density at radius 3 is 2.54 bits per heavy atom. The Kier molecular flexibility index (Phi) is 3.72. The van der Waals surface area contributed by atoms with Gasteiger partial charge in [-0.05, 0) is 12.1 Å². The Labute approximate surface area is 85.9 Å². The molecule has 70 valence electrons. The van der Waals surface area contributed by atoms with Gasteiger partial charge < -0.3 is 5.73 Å². The van der Waals surface area contributed by atoms with Crippen molar-refractivity contribution in [2.24, 2.45) is 5.73 Å². The van der Waals surface area contributed by atoms with Gasteiger partial charge in [0, 0.05) is 12.1 Å². The maximum Gasteiger partial charge on any atom is 0.150 e. The molecule has 0 amide bonds. The maximum absolute atomic E-state index is 13.3. The lowest BCUT2D eigenvalue weighted by Crippen LogP contribution is -1.93. The van der Waals surface area contributed by atoms with Gasteiger partial charge in [-0.25, -0.2) is 4.39 Å². The first kappa shape index (κ1) is 10.5. The van der Waals surface area contributed by atoms with Gasteiger partial charge in [-0.3, -0.25) is 0 Å². The van der Waals surface area contributed by atoms with Gasteiger partial charge in [-0.1, -0.05) is 35.4 Å². The molecule has 4 heteroatoms. The minimum Gasteiger partial charge on any atom is -0.327 e. The minimum absolute atomic E-state index is 0.0565. The van der Waals surface area contributed by atoms with Crippen LogP contribution in [0.4, 0.5) is 4.39 Å². The van der Waals surface area contributed by atoms with Gasteiger partial charge in [0.05, 0.1) is 10.0 Å². The topological polar surface area (TPSA) is 26.0 Å². The summed E-state index contributed by atoms with van der Waals surface area (Å²) in [5.41, 5.74) is 5.51. The van der Waals surface area contributed by atoms with E-state index in [2.05, 4.69) is 0 Å². The number of hydrogen-bond acceptors (Lipinski definition) is 1. The molecule has 0 radical (unpaired) electrons. The molecule has 0 aromatic heterocycles. The summed E-state index contributed by atoms with van der Waals surface area (Å²) in [6, 6.07) is 2.96. The smallest absolute Gasteiger partial charge is 0.150 e. The molecule has 1 rings (SSSR count). The van der Waals surface area contributed by atoms with Crippen LogP contribution in [0.2, 0.25) is 10.0 Å². The van der Waals surface area contributed by atoms with Gasteiger partial charge in [0.15, 0.2) is 0 Å². The molecule has 0 saturated heterocycles. The van der Waals surface area contributed by atoms with Crippen LogP contribution in [0.1, 0.15) is 5.56 Å². The summed E-state index contributed by atoms with van der Waals surface area (Å²) >= 11 is 11.3. The van der Waals surface area contributed by atoms with E-state index in [0.29, 0.717) is 11.6 Å². The van der Waals surface area contributed by atoms with Gasteiger partial charge in [0.2, 0.25) is 0 Å².